The Hall–Kier alpha value is -3.38. The van der Waals surface area contributed by atoms with Crippen molar-refractivity contribution in [3.8, 4) is 11.1 Å². The van der Waals surface area contributed by atoms with E-state index in [0.717, 1.165) is 11.4 Å². The topological polar surface area (TPSA) is 135 Å². The summed E-state index contributed by atoms with van der Waals surface area (Å²) >= 11 is 0. The summed E-state index contributed by atoms with van der Waals surface area (Å²) in [6.45, 7) is 0. The molecule has 3 aromatic rings. The Labute approximate surface area is 216 Å². The molecule has 0 saturated carbocycles. The summed E-state index contributed by atoms with van der Waals surface area (Å²) in [5, 5.41) is 10.8. The fraction of sp³-hybridized carbons (Fsp3) is 0.231. The fourth-order valence-electron chi connectivity index (χ4n) is 4.64. The standard InChI is InChI=1S/C26H28N2O7S2/c1-27(2)19-9-5-16(6-10-19)22-15-21(36(30,31)32)13-18-14-23(29)26(37(33,34)35)25(24(18)22)17-7-11-20(12-8-17)28(3)4/h5-13,15,25,29H,14H2,1-4H3,(H,30,31,32)(H,33,34,35). The van der Waals surface area contributed by atoms with Crippen LogP contribution in [0.3, 0.4) is 0 Å². The van der Waals surface area contributed by atoms with Crippen molar-refractivity contribution in [1.29, 1.82) is 0 Å². The first-order valence-corrected chi connectivity index (χ1v) is 14.2. The van der Waals surface area contributed by atoms with Crippen molar-refractivity contribution in [2.24, 2.45) is 0 Å². The van der Waals surface area contributed by atoms with Crippen LogP contribution in [0.5, 0.6) is 0 Å². The highest BCUT2D eigenvalue weighted by Gasteiger charge is 2.39. The number of fused-ring (bicyclic) bond motifs is 1. The summed E-state index contributed by atoms with van der Waals surface area (Å²) in [5.74, 6) is -1.73. The number of benzene rings is 3. The molecule has 0 spiro atoms. The molecule has 0 aromatic heterocycles. The summed E-state index contributed by atoms with van der Waals surface area (Å²) in [7, 11) is -2.03. The highest BCUT2D eigenvalue weighted by atomic mass is 32.2. The normalized spacial score (nSPS) is 15.9. The van der Waals surface area contributed by atoms with Crippen LogP contribution in [0.15, 0.2) is 76.2 Å². The molecule has 9 nitrogen and oxygen atoms in total. The number of hydrogen-bond donors (Lipinski definition) is 3. The number of anilines is 2. The van der Waals surface area contributed by atoms with E-state index >= 15 is 0 Å². The van der Waals surface area contributed by atoms with E-state index in [-0.39, 0.29) is 11.3 Å². The van der Waals surface area contributed by atoms with Crippen LogP contribution in [0.4, 0.5) is 11.4 Å². The molecule has 0 bridgehead atoms. The van der Waals surface area contributed by atoms with Crippen molar-refractivity contribution in [1.82, 2.24) is 0 Å². The highest BCUT2D eigenvalue weighted by molar-refractivity contribution is 7.89. The van der Waals surface area contributed by atoms with Crippen molar-refractivity contribution in [3.63, 3.8) is 0 Å². The Balaban J connectivity index is 2.08. The van der Waals surface area contributed by atoms with Crippen molar-refractivity contribution in [3.05, 3.63) is 88.0 Å². The molecular weight excluding hydrogens is 516 g/mol. The molecule has 0 aliphatic heterocycles. The van der Waals surface area contributed by atoms with Gasteiger partial charge in [-0.1, -0.05) is 24.3 Å². The second-order valence-corrected chi connectivity index (χ2v) is 12.2. The lowest BCUT2D eigenvalue weighted by Gasteiger charge is -2.31. The van der Waals surface area contributed by atoms with Gasteiger partial charge in [-0.05, 0) is 64.2 Å². The van der Waals surface area contributed by atoms with Crippen LogP contribution < -0.4 is 9.80 Å². The number of hydrogen-bond acceptors (Lipinski definition) is 7. The number of rotatable bonds is 6. The first-order valence-electron chi connectivity index (χ1n) is 11.3. The van der Waals surface area contributed by atoms with Gasteiger partial charge in [-0.3, -0.25) is 9.11 Å². The van der Waals surface area contributed by atoms with Gasteiger partial charge in [0, 0.05) is 46.0 Å². The van der Waals surface area contributed by atoms with Gasteiger partial charge in [-0.15, -0.1) is 0 Å². The molecule has 196 valence electrons. The molecule has 0 heterocycles. The average Bonchev–Trinajstić information content (AvgIpc) is 2.81. The second kappa shape index (κ2) is 9.49. The van der Waals surface area contributed by atoms with Crippen LogP contribution in [-0.2, 0) is 26.7 Å². The third-order valence-electron chi connectivity index (χ3n) is 6.45. The van der Waals surface area contributed by atoms with E-state index in [2.05, 4.69) is 0 Å². The van der Waals surface area contributed by atoms with Gasteiger partial charge in [-0.25, -0.2) is 0 Å². The van der Waals surface area contributed by atoms with E-state index < -0.39 is 36.8 Å². The van der Waals surface area contributed by atoms with Crippen molar-refractivity contribution in [2.75, 3.05) is 38.0 Å². The van der Waals surface area contributed by atoms with Crippen LogP contribution in [0.1, 0.15) is 22.6 Å². The molecule has 1 atom stereocenters. The van der Waals surface area contributed by atoms with Gasteiger partial charge < -0.3 is 14.9 Å². The Morgan fingerprint density at radius 3 is 1.73 bits per heavy atom. The molecule has 11 heteroatoms. The number of aliphatic hydroxyl groups excluding tert-OH is 1. The lowest BCUT2D eigenvalue weighted by molar-refractivity contribution is 0.383. The minimum absolute atomic E-state index is 0.313. The molecule has 1 aliphatic rings. The Morgan fingerprint density at radius 1 is 0.757 bits per heavy atom. The van der Waals surface area contributed by atoms with Crippen molar-refractivity contribution in [2.45, 2.75) is 17.2 Å². The van der Waals surface area contributed by atoms with Gasteiger partial charge in [0.2, 0.25) is 0 Å². The SMILES string of the molecule is CN(C)c1ccc(-c2cc(S(=O)(=O)O)cc3c2C(c2ccc(N(C)C)cc2)C(S(=O)(=O)O)=C(O)C3)cc1. The first-order chi connectivity index (χ1) is 17.2. The van der Waals surface area contributed by atoms with Crippen LogP contribution in [0.2, 0.25) is 0 Å². The van der Waals surface area contributed by atoms with Gasteiger partial charge in [0.15, 0.2) is 0 Å². The van der Waals surface area contributed by atoms with E-state index in [1.165, 1.54) is 12.1 Å². The van der Waals surface area contributed by atoms with Crippen LogP contribution in [-0.4, -0.2) is 59.2 Å². The molecular formula is C26H28N2O7S2. The van der Waals surface area contributed by atoms with E-state index in [4.69, 9.17) is 0 Å². The van der Waals surface area contributed by atoms with E-state index in [0.29, 0.717) is 27.8 Å². The third-order valence-corrected chi connectivity index (χ3v) is 8.30. The molecule has 37 heavy (non-hydrogen) atoms. The molecule has 0 fully saturated rings. The van der Waals surface area contributed by atoms with Gasteiger partial charge in [0.25, 0.3) is 20.2 Å². The zero-order valence-electron chi connectivity index (χ0n) is 20.7. The van der Waals surface area contributed by atoms with Crippen molar-refractivity contribution < 1.29 is 31.0 Å². The molecule has 0 saturated heterocycles. The average molecular weight is 545 g/mol. The second-order valence-electron chi connectivity index (χ2n) is 9.34. The summed E-state index contributed by atoms with van der Waals surface area (Å²) in [4.78, 5) is 2.80. The molecule has 0 amide bonds. The fourth-order valence-corrected chi connectivity index (χ4v) is 6.12. The molecule has 3 N–H and O–H groups in total. The maximum atomic E-state index is 12.5. The predicted octanol–water partition coefficient (Wildman–Crippen LogP) is 4.08. The monoisotopic (exact) mass is 544 g/mol. The van der Waals surface area contributed by atoms with E-state index in [1.54, 1.807) is 36.4 Å². The summed E-state index contributed by atoms with van der Waals surface area (Å²) in [6, 6.07) is 16.6. The smallest absolute Gasteiger partial charge is 0.294 e. The lowest BCUT2D eigenvalue weighted by Crippen LogP contribution is -2.23. The number of nitrogens with zero attached hydrogens (tertiary/aromatic N) is 2. The zero-order chi connectivity index (χ0) is 27.3. The first kappa shape index (κ1) is 26.7. The maximum Gasteiger partial charge on any atom is 0.294 e. The van der Waals surface area contributed by atoms with Gasteiger partial charge in [-0.2, -0.15) is 16.8 Å². The van der Waals surface area contributed by atoms with Crippen molar-refractivity contribution >= 4 is 31.6 Å². The van der Waals surface area contributed by atoms with Crippen LogP contribution >= 0.6 is 0 Å². The Bertz CT molecular complexity index is 1590. The third kappa shape index (κ3) is 5.21. The van der Waals surface area contributed by atoms with Crippen LogP contribution in [0.25, 0.3) is 11.1 Å². The van der Waals surface area contributed by atoms with Gasteiger partial charge in [0.05, 0.1) is 10.8 Å². The Morgan fingerprint density at radius 2 is 1.27 bits per heavy atom. The minimum atomic E-state index is -4.85. The van der Waals surface area contributed by atoms with Gasteiger partial charge >= 0.3 is 0 Å². The number of aliphatic hydroxyl groups is 1. The predicted molar refractivity (Wildman–Crippen MR) is 144 cm³/mol. The highest BCUT2D eigenvalue weighted by Crippen LogP contribution is 2.47. The largest absolute Gasteiger partial charge is 0.511 e. The maximum absolute atomic E-state index is 12.5. The molecule has 4 rings (SSSR count). The van der Waals surface area contributed by atoms with Crippen LogP contribution in [0, 0.1) is 0 Å². The quantitative estimate of drug-likeness (QED) is 0.392. The minimum Gasteiger partial charge on any atom is -0.511 e. The molecule has 0 radical (unpaired) electrons. The summed E-state index contributed by atoms with van der Waals surface area (Å²) in [5.41, 5.74) is 3.85. The van der Waals surface area contributed by atoms with E-state index in [1.807, 2.05) is 50.1 Å². The van der Waals surface area contributed by atoms with Gasteiger partial charge in [0.1, 0.15) is 10.7 Å². The van der Waals surface area contributed by atoms with E-state index in [9.17, 15) is 31.0 Å². The summed E-state index contributed by atoms with van der Waals surface area (Å²) < 4.78 is 69.4. The summed E-state index contributed by atoms with van der Waals surface area (Å²) in [6.07, 6.45) is -0.344. The molecule has 1 aliphatic carbocycles. The molecule has 3 aromatic carbocycles. The zero-order valence-corrected chi connectivity index (χ0v) is 22.4. The lowest BCUT2D eigenvalue weighted by atomic mass is 9.78. The number of allylic oxidation sites excluding steroid dienone is 2. The Kier molecular flexibility index (Phi) is 6.84. The molecule has 1 unspecified atom stereocenters.